The molecule has 0 aliphatic heterocycles. The third-order valence-corrected chi connectivity index (χ3v) is 5.10. The monoisotopic (exact) mass is 324 g/mol. The minimum absolute atomic E-state index is 0.0207. The lowest BCUT2D eigenvalue weighted by molar-refractivity contribution is -0.115. The van der Waals surface area contributed by atoms with Gasteiger partial charge in [0.15, 0.2) is 0 Å². The van der Waals surface area contributed by atoms with E-state index in [-0.39, 0.29) is 5.91 Å². The molecule has 2 saturated carbocycles. The molecule has 0 atom stereocenters. The number of rotatable bonds is 6. The number of anilines is 1. The van der Waals surface area contributed by atoms with Gasteiger partial charge < -0.3 is 5.32 Å². The fraction of sp³-hybridized carbons (Fsp3) is 0.526. The van der Waals surface area contributed by atoms with E-state index in [9.17, 15) is 4.79 Å². The molecule has 2 aromatic rings. The average molecular weight is 324 g/mol. The van der Waals surface area contributed by atoms with Crippen molar-refractivity contribution >= 4 is 11.7 Å². The molecule has 2 aliphatic rings. The minimum Gasteiger partial charge on any atom is -0.310 e. The summed E-state index contributed by atoms with van der Waals surface area (Å²) in [4.78, 5) is 16.7. The SMILES string of the molecule is Cc1nn(CC2CC2)c(C)c1CC(=O)Nc1cc(C2CC2)ccn1. The Balaban J connectivity index is 1.44. The summed E-state index contributed by atoms with van der Waals surface area (Å²) in [6, 6.07) is 4.05. The predicted molar refractivity (Wildman–Crippen MR) is 93.0 cm³/mol. The molecule has 5 heteroatoms. The standard InChI is InChI=1S/C19H24N4O/c1-12-17(13(2)23(22-12)11-14-3-4-14)10-19(24)21-18-9-16(7-8-20-18)15-5-6-15/h7-9,14-15H,3-6,10-11H2,1-2H3,(H,20,21,24). The highest BCUT2D eigenvalue weighted by Crippen LogP contribution is 2.40. The quantitative estimate of drug-likeness (QED) is 0.886. The zero-order valence-corrected chi connectivity index (χ0v) is 14.4. The van der Waals surface area contributed by atoms with Crippen LogP contribution in [0.1, 0.15) is 54.1 Å². The van der Waals surface area contributed by atoms with Crippen LogP contribution in [0.3, 0.4) is 0 Å². The van der Waals surface area contributed by atoms with E-state index in [1.807, 2.05) is 19.1 Å². The number of hydrogen-bond acceptors (Lipinski definition) is 3. The molecule has 0 saturated heterocycles. The molecule has 4 rings (SSSR count). The van der Waals surface area contributed by atoms with Crippen molar-refractivity contribution in [2.45, 2.75) is 58.4 Å². The van der Waals surface area contributed by atoms with Gasteiger partial charge in [-0.3, -0.25) is 9.48 Å². The van der Waals surface area contributed by atoms with Crippen molar-refractivity contribution in [3.63, 3.8) is 0 Å². The number of aryl methyl sites for hydroxylation is 1. The van der Waals surface area contributed by atoms with Crippen molar-refractivity contribution < 1.29 is 4.79 Å². The van der Waals surface area contributed by atoms with Crippen molar-refractivity contribution in [3.05, 3.63) is 40.8 Å². The van der Waals surface area contributed by atoms with E-state index in [0.29, 0.717) is 18.2 Å². The van der Waals surface area contributed by atoms with Gasteiger partial charge >= 0.3 is 0 Å². The zero-order valence-electron chi connectivity index (χ0n) is 14.4. The summed E-state index contributed by atoms with van der Waals surface area (Å²) < 4.78 is 2.07. The van der Waals surface area contributed by atoms with Gasteiger partial charge in [-0.25, -0.2) is 4.98 Å². The zero-order chi connectivity index (χ0) is 16.7. The number of carbonyl (C=O) groups excluding carboxylic acids is 1. The Morgan fingerprint density at radius 2 is 2.08 bits per heavy atom. The topological polar surface area (TPSA) is 59.8 Å². The van der Waals surface area contributed by atoms with Crippen LogP contribution in [0.15, 0.2) is 18.3 Å². The third kappa shape index (κ3) is 3.35. The van der Waals surface area contributed by atoms with Crippen LogP contribution in [0.2, 0.25) is 0 Å². The first-order valence-electron chi connectivity index (χ1n) is 8.89. The summed E-state index contributed by atoms with van der Waals surface area (Å²) in [7, 11) is 0. The van der Waals surface area contributed by atoms with Gasteiger partial charge in [0.25, 0.3) is 0 Å². The molecule has 0 radical (unpaired) electrons. The smallest absolute Gasteiger partial charge is 0.230 e. The lowest BCUT2D eigenvalue weighted by Gasteiger charge is -2.07. The summed E-state index contributed by atoms with van der Waals surface area (Å²) in [6.07, 6.45) is 7.24. The second-order valence-electron chi connectivity index (χ2n) is 7.25. The van der Waals surface area contributed by atoms with E-state index in [0.717, 1.165) is 29.4 Å². The Morgan fingerprint density at radius 1 is 1.29 bits per heavy atom. The molecule has 0 spiro atoms. The van der Waals surface area contributed by atoms with Gasteiger partial charge in [0.1, 0.15) is 5.82 Å². The van der Waals surface area contributed by atoms with Crippen molar-refractivity contribution in [2.24, 2.45) is 5.92 Å². The van der Waals surface area contributed by atoms with Crippen LogP contribution in [0, 0.1) is 19.8 Å². The number of aromatic nitrogens is 3. The van der Waals surface area contributed by atoms with E-state index >= 15 is 0 Å². The molecule has 2 aromatic heterocycles. The highest BCUT2D eigenvalue weighted by atomic mass is 16.1. The van der Waals surface area contributed by atoms with Gasteiger partial charge in [-0.05, 0) is 69.1 Å². The maximum Gasteiger partial charge on any atom is 0.230 e. The normalized spacial score (nSPS) is 17.1. The Hall–Kier alpha value is -2.17. The lowest BCUT2D eigenvalue weighted by Crippen LogP contribution is -2.16. The molecule has 0 aromatic carbocycles. The maximum atomic E-state index is 12.4. The first-order valence-corrected chi connectivity index (χ1v) is 8.89. The number of hydrogen-bond donors (Lipinski definition) is 1. The minimum atomic E-state index is -0.0207. The molecular formula is C19H24N4O. The van der Waals surface area contributed by atoms with Crippen molar-refractivity contribution in [2.75, 3.05) is 5.32 Å². The van der Waals surface area contributed by atoms with E-state index in [2.05, 4.69) is 27.0 Å². The summed E-state index contributed by atoms with van der Waals surface area (Å²) in [5, 5.41) is 7.56. The molecule has 2 heterocycles. The molecule has 1 amide bonds. The Bertz CT molecular complexity index is 772. The number of pyridine rings is 1. The Kier molecular flexibility index (Phi) is 3.87. The molecule has 24 heavy (non-hydrogen) atoms. The van der Waals surface area contributed by atoms with Crippen molar-refractivity contribution in [1.29, 1.82) is 0 Å². The molecule has 1 N–H and O–H groups in total. The van der Waals surface area contributed by atoms with Crippen molar-refractivity contribution in [3.8, 4) is 0 Å². The van der Waals surface area contributed by atoms with Crippen LogP contribution >= 0.6 is 0 Å². The van der Waals surface area contributed by atoms with E-state index < -0.39 is 0 Å². The molecule has 0 bridgehead atoms. The number of nitrogens with one attached hydrogen (secondary N) is 1. The molecule has 2 fully saturated rings. The highest BCUT2D eigenvalue weighted by Gasteiger charge is 2.25. The lowest BCUT2D eigenvalue weighted by atomic mass is 10.1. The maximum absolute atomic E-state index is 12.4. The molecular weight excluding hydrogens is 300 g/mol. The second kappa shape index (κ2) is 6.04. The molecule has 0 unspecified atom stereocenters. The Morgan fingerprint density at radius 3 is 2.79 bits per heavy atom. The molecule has 5 nitrogen and oxygen atoms in total. The third-order valence-electron chi connectivity index (χ3n) is 5.10. The largest absolute Gasteiger partial charge is 0.310 e. The molecule has 2 aliphatic carbocycles. The number of carbonyl (C=O) groups is 1. The van der Waals surface area contributed by atoms with E-state index in [4.69, 9.17) is 0 Å². The van der Waals surface area contributed by atoms with Crippen LogP contribution in [-0.4, -0.2) is 20.7 Å². The summed E-state index contributed by atoms with van der Waals surface area (Å²) in [6.45, 7) is 5.04. The van der Waals surface area contributed by atoms with Gasteiger partial charge in [-0.1, -0.05) is 0 Å². The first kappa shape index (κ1) is 15.4. The van der Waals surface area contributed by atoms with Gasteiger partial charge in [-0.2, -0.15) is 5.10 Å². The number of nitrogens with zero attached hydrogens (tertiary/aromatic N) is 3. The van der Waals surface area contributed by atoms with Gasteiger partial charge in [0, 0.05) is 24.0 Å². The van der Waals surface area contributed by atoms with E-state index in [1.165, 1.54) is 31.2 Å². The molecule has 126 valence electrons. The van der Waals surface area contributed by atoms with Crippen LogP contribution < -0.4 is 5.32 Å². The highest BCUT2D eigenvalue weighted by molar-refractivity contribution is 5.91. The fourth-order valence-corrected chi connectivity index (χ4v) is 3.25. The summed E-state index contributed by atoms with van der Waals surface area (Å²) in [5.74, 6) is 2.07. The number of amides is 1. The van der Waals surface area contributed by atoms with Gasteiger partial charge in [0.05, 0.1) is 12.1 Å². The fourth-order valence-electron chi connectivity index (χ4n) is 3.25. The first-order chi connectivity index (χ1) is 11.6. The van der Waals surface area contributed by atoms with Crippen LogP contribution in [0.25, 0.3) is 0 Å². The van der Waals surface area contributed by atoms with Crippen LogP contribution in [0.5, 0.6) is 0 Å². The van der Waals surface area contributed by atoms with Gasteiger partial charge in [-0.15, -0.1) is 0 Å². The Labute approximate surface area is 142 Å². The van der Waals surface area contributed by atoms with E-state index in [1.54, 1.807) is 6.20 Å². The van der Waals surface area contributed by atoms with Gasteiger partial charge in [0.2, 0.25) is 5.91 Å². The van der Waals surface area contributed by atoms with Crippen molar-refractivity contribution in [1.82, 2.24) is 14.8 Å². The van der Waals surface area contributed by atoms with Crippen LogP contribution in [-0.2, 0) is 17.8 Å². The summed E-state index contributed by atoms with van der Waals surface area (Å²) in [5.41, 5.74) is 4.41. The predicted octanol–water partition coefficient (Wildman–Crippen LogP) is 3.36. The average Bonchev–Trinajstić information content (AvgIpc) is 3.45. The summed E-state index contributed by atoms with van der Waals surface area (Å²) >= 11 is 0. The van der Waals surface area contributed by atoms with Crippen LogP contribution in [0.4, 0.5) is 5.82 Å². The second-order valence-corrected chi connectivity index (χ2v) is 7.25.